The molecule has 0 saturated carbocycles. The SMILES string of the molecule is Cc1ccc(S(=O)(=O)c2ccc(C)c(I)c2I)c(I)c1I. The van der Waals surface area contributed by atoms with E-state index in [1.165, 1.54) is 0 Å². The molecule has 0 amide bonds. The van der Waals surface area contributed by atoms with Crippen molar-refractivity contribution in [3.05, 3.63) is 49.7 Å². The van der Waals surface area contributed by atoms with E-state index in [1.807, 2.05) is 26.0 Å². The fraction of sp³-hybridized carbons (Fsp3) is 0.143. The van der Waals surface area contributed by atoms with E-state index in [0.717, 1.165) is 25.4 Å². The second kappa shape index (κ2) is 7.05. The van der Waals surface area contributed by atoms with Gasteiger partial charge in [0.2, 0.25) is 9.84 Å². The van der Waals surface area contributed by atoms with Crippen LogP contribution in [-0.4, -0.2) is 8.42 Å². The predicted octanol–water partition coefficient (Wildman–Crippen LogP) is 5.55. The van der Waals surface area contributed by atoms with E-state index in [4.69, 9.17) is 0 Å². The van der Waals surface area contributed by atoms with Crippen LogP contribution in [0, 0.1) is 28.1 Å². The molecule has 0 aromatic heterocycles. The minimum atomic E-state index is -3.50. The average molecular weight is 750 g/mol. The van der Waals surface area contributed by atoms with Crippen LogP contribution in [0.5, 0.6) is 0 Å². The summed E-state index contributed by atoms with van der Waals surface area (Å²) in [6, 6.07) is 7.14. The highest BCUT2D eigenvalue weighted by Crippen LogP contribution is 2.34. The van der Waals surface area contributed by atoms with E-state index in [-0.39, 0.29) is 0 Å². The molecule has 2 aromatic carbocycles. The van der Waals surface area contributed by atoms with Crippen LogP contribution in [-0.2, 0) is 9.84 Å². The molecular weight excluding hydrogens is 740 g/mol. The molecule has 0 bridgehead atoms. The summed E-state index contributed by atoms with van der Waals surface area (Å²) in [5, 5.41) is 0. The van der Waals surface area contributed by atoms with Gasteiger partial charge in [0.05, 0.1) is 9.79 Å². The summed E-state index contributed by atoms with van der Waals surface area (Å²) >= 11 is 8.64. The molecule has 0 aliphatic heterocycles. The normalized spacial score (nSPS) is 11.7. The van der Waals surface area contributed by atoms with E-state index >= 15 is 0 Å². The topological polar surface area (TPSA) is 34.1 Å². The van der Waals surface area contributed by atoms with Crippen LogP contribution in [0.2, 0.25) is 0 Å². The largest absolute Gasteiger partial charge is 0.218 e. The Bertz CT molecular complexity index is 766. The summed E-state index contributed by atoms with van der Waals surface area (Å²) in [6.07, 6.45) is 0. The summed E-state index contributed by atoms with van der Waals surface area (Å²) in [4.78, 5) is 0.770. The first kappa shape index (κ1) is 18.6. The van der Waals surface area contributed by atoms with E-state index in [2.05, 4.69) is 90.4 Å². The monoisotopic (exact) mass is 750 g/mol. The second-order valence-corrected chi connectivity index (χ2v) is 10.7. The number of hydrogen-bond donors (Lipinski definition) is 0. The lowest BCUT2D eigenvalue weighted by atomic mass is 10.2. The van der Waals surface area contributed by atoms with Gasteiger partial charge >= 0.3 is 0 Å². The highest BCUT2D eigenvalue weighted by atomic mass is 127. The second-order valence-electron chi connectivity index (χ2n) is 4.52. The standard InChI is InChI=1S/C14H10I4O2S/c1-7-3-5-9(13(17)11(7)15)21(19,20)10-6-4-8(2)12(16)14(10)18/h3-6H,1-2H3. The van der Waals surface area contributed by atoms with Gasteiger partial charge in [0.25, 0.3) is 0 Å². The molecule has 21 heavy (non-hydrogen) atoms. The van der Waals surface area contributed by atoms with Crippen molar-refractivity contribution in [2.24, 2.45) is 0 Å². The zero-order valence-corrected chi connectivity index (χ0v) is 20.5. The summed E-state index contributed by atoms with van der Waals surface area (Å²) < 4.78 is 29.5. The first-order valence-corrected chi connectivity index (χ1v) is 11.6. The van der Waals surface area contributed by atoms with Crippen LogP contribution in [0.15, 0.2) is 34.1 Å². The number of benzene rings is 2. The van der Waals surface area contributed by atoms with Crippen molar-refractivity contribution in [2.75, 3.05) is 0 Å². The molecular formula is C14H10I4O2S. The lowest BCUT2D eigenvalue weighted by molar-refractivity contribution is 0.595. The number of rotatable bonds is 2. The third kappa shape index (κ3) is 3.55. The zero-order chi connectivity index (χ0) is 15.9. The van der Waals surface area contributed by atoms with Crippen LogP contribution in [0.1, 0.15) is 11.1 Å². The van der Waals surface area contributed by atoms with Gasteiger partial charge in [-0.05, 0) is 127 Å². The summed E-state index contributed by atoms with van der Waals surface area (Å²) in [5.74, 6) is 0. The fourth-order valence-electron chi connectivity index (χ4n) is 1.79. The Morgan fingerprint density at radius 2 is 1.00 bits per heavy atom. The van der Waals surface area contributed by atoms with Crippen LogP contribution >= 0.6 is 90.4 Å². The average Bonchev–Trinajstić information content (AvgIpc) is 2.41. The maximum absolute atomic E-state index is 13.0. The van der Waals surface area contributed by atoms with Gasteiger partial charge in [0, 0.05) is 14.3 Å². The number of hydrogen-bond acceptors (Lipinski definition) is 2. The molecule has 0 fully saturated rings. The Kier molecular flexibility index (Phi) is 6.26. The minimum Gasteiger partial charge on any atom is -0.218 e. The molecule has 0 saturated heterocycles. The van der Waals surface area contributed by atoms with Gasteiger partial charge in [-0.1, -0.05) is 12.1 Å². The Labute approximate surface area is 179 Å². The lowest BCUT2D eigenvalue weighted by Gasteiger charge is -2.13. The highest BCUT2D eigenvalue weighted by Gasteiger charge is 2.25. The van der Waals surface area contributed by atoms with Crippen molar-refractivity contribution in [3.63, 3.8) is 0 Å². The molecule has 2 nitrogen and oxygen atoms in total. The highest BCUT2D eigenvalue weighted by molar-refractivity contribution is 14.1. The van der Waals surface area contributed by atoms with Crippen molar-refractivity contribution >= 4 is 100 Å². The molecule has 0 atom stereocenters. The molecule has 0 aliphatic rings. The molecule has 0 unspecified atom stereocenters. The first-order chi connectivity index (χ1) is 9.67. The smallest absolute Gasteiger partial charge is 0.208 e. The van der Waals surface area contributed by atoms with Crippen LogP contribution in [0.4, 0.5) is 0 Å². The molecule has 2 rings (SSSR count). The quantitative estimate of drug-likeness (QED) is 0.378. The molecule has 2 aromatic rings. The van der Waals surface area contributed by atoms with Crippen molar-refractivity contribution in [1.82, 2.24) is 0 Å². The summed E-state index contributed by atoms with van der Waals surface area (Å²) in [5.41, 5.74) is 2.18. The van der Waals surface area contributed by atoms with E-state index in [1.54, 1.807) is 12.1 Å². The van der Waals surface area contributed by atoms with Crippen LogP contribution in [0.25, 0.3) is 0 Å². The molecule has 0 aliphatic carbocycles. The van der Waals surface area contributed by atoms with Gasteiger partial charge in [0.1, 0.15) is 0 Å². The Morgan fingerprint density at radius 3 is 1.33 bits per heavy atom. The summed E-state index contributed by atoms with van der Waals surface area (Å²) in [6.45, 7) is 3.97. The third-order valence-corrected chi connectivity index (χ3v) is 12.7. The predicted molar refractivity (Wildman–Crippen MR) is 119 cm³/mol. The van der Waals surface area contributed by atoms with Gasteiger partial charge in [-0.3, -0.25) is 0 Å². The van der Waals surface area contributed by atoms with E-state index in [0.29, 0.717) is 9.79 Å². The Balaban J connectivity index is 2.75. The van der Waals surface area contributed by atoms with Gasteiger partial charge in [-0.25, -0.2) is 8.42 Å². The zero-order valence-electron chi connectivity index (χ0n) is 11.0. The minimum absolute atomic E-state index is 0.385. The van der Waals surface area contributed by atoms with Gasteiger partial charge < -0.3 is 0 Å². The number of sulfone groups is 1. The number of halogens is 4. The van der Waals surface area contributed by atoms with Crippen molar-refractivity contribution in [1.29, 1.82) is 0 Å². The molecule has 7 heteroatoms. The molecule has 0 spiro atoms. The van der Waals surface area contributed by atoms with E-state index in [9.17, 15) is 8.42 Å². The molecule has 0 heterocycles. The maximum Gasteiger partial charge on any atom is 0.208 e. The van der Waals surface area contributed by atoms with Crippen LogP contribution in [0.3, 0.4) is 0 Å². The van der Waals surface area contributed by atoms with Crippen molar-refractivity contribution in [2.45, 2.75) is 23.6 Å². The molecule has 0 radical (unpaired) electrons. The Morgan fingerprint density at radius 1 is 0.667 bits per heavy atom. The van der Waals surface area contributed by atoms with E-state index < -0.39 is 9.84 Å². The Hall–Kier alpha value is 1.31. The lowest BCUT2D eigenvalue weighted by Crippen LogP contribution is -2.09. The third-order valence-electron chi connectivity index (χ3n) is 3.06. The molecule has 112 valence electrons. The van der Waals surface area contributed by atoms with Gasteiger partial charge in [-0.2, -0.15) is 0 Å². The fourth-order valence-corrected chi connectivity index (χ4v) is 7.45. The van der Waals surface area contributed by atoms with Gasteiger partial charge in [0.15, 0.2) is 0 Å². The van der Waals surface area contributed by atoms with Crippen molar-refractivity contribution < 1.29 is 8.42 Å². The van der Waals surface area contributed by atoms with Crippen molar-refractivity contribution in [3.8, 4) is 0 Å². The van der Waals surface area contributed by atoms with Crippen LogP contribution < -0.4 is 0 Å². The first-order valence-electron chi connectivity index (χ1n) is 5.82. The molecule has 0 N–H and O–H groups in total. The summed E-state index contributed by atoms with van der Waals surface area (Å²) in [7, 11) is -3.50. The number of aryl methyl sites for hydroxylation is 2. The maximum atomic E-state index is 13.0. The van der Waals surface area contributed by atoms with Gasteiger partial charge in [-0.15, -0.1) is 0 Å².